The van der Waals surface area contributed by atoms with Gasteiger partial charge in [0.1, 0.15) is 5.82 Å². The molecule has 0 heterocycles. The van der Waals surface area contributed by atoms with Gasteiger partial charge >= 0.3 is 0 Å². The van der Waals surface area contributed by atoms with Crippen LogP contribution in [-0.2, 0) is 11.2 Å². The summed E-state index contributed by atoms with van der Waals surface area (Å²) in [5.74, 6) is -0.479. The molecule has 0 spiro atoms. The Bertz CT molecular complexity index is 712. The van der Waals surface area contributed by atoms with Crippen LogP contribution < -0.4 is 10.6 Å². The lowest BCUT2D eigenvalue weighted by Crippen LogP contribution is -2.28. The van der Waals surface area contributed by atoms with Gasteiger partial charge in [-0.05, 0) is 35.7 Å². The van der Waals surface area contributed by atoms with Crippen LogP contribution in [0, 0.1) is 11.7 Å². The summed E-state index contributed by atoms with van der Waals surface area (Å²) in [6.45, 7) is 4.59. The fraction of sp³-hybridized carbons (Fsp3) is 0.263. The first kappa shape index (κ1) is 17.7. The van der Waals surface area contributed by atoms with Crippen molar-refractivity contribution >= 4 is 17.5 Å². The van der Waals surface area contributed by atoms with Crippen molar-refractivity contribution in [2.45, 2.75) is 20.3 Å². The van der Waals surface area contributed by atoms with Crippen LogP contribution in [0.5, 0.6) is 0 Å². The van der Waals surface area contributed by atoms with Crippen LogP contribution in [0.2, 0.25) is 0 Å². The maximum absolute atomic E-state index is 12.9. The van der Waals surface area contributed by atoms with Crippen LogP contribution in [0.25, 0.3) is 0 Å². The van der Waals surface area contributed by atoms with E-state index in [9.17, 15) is 14.0 Å². The highest BCUT2D eigenvalue weighted by Gasteiger charge is 2.13. The maximum atomic E-state index is 12.9. The zero-order chi connectivity index (χ0) is 17.5. The summed E-state index contributed by atoms with van der Waals surface area (Å²) in [7, 11) is 0. The number of nitrogens with one attached hydrogen (secondary N) is 2. The summed E-state index contributed by atoms with van der Waals surface area (Å²) < 4.78 is 12.9. The molecule has 24 heavy (non-hydrogen) atoms. The molecule has 2 amide bonds. The summed E-state index contributed by atoms with van der Waals surface area (Å²) in [6, 6.07) is 12.6. The number of carbonyl (C=O) groups is 2. The van der Waals surface area contributed by atoms with E-state index in [2.05, 4.69) is 10.6 Å². The molecule has 0 atom stereocenters. The first-order valence-electron chi connectivity index (χ1n) is 7.87. The van der Waals surface area contributed by atoms with Crippen molar-refractivity contribution in [1.29, 1.82) is 0 Å². The Kier molecular flexibility index (Phi) is 6.07. The van der Waals surface area contributed by atoms with E-state index in [4.69, 9.17) is 0 Å². The molecule has 2 aromatic rings. The van der Waals surface area contributed by atoms with Crippen LogP contribution in [0.1, 0.15) is 29.8 Å². The zero-order valence-corrected chi connectivity index (χ0v) is 13.8. The Morgan fingerprint density at radius 3 is 2.38 bits per heavy atom. The van der Waals surface area contributed by atoms with E-state index in [-0.39, 0.29) is 24.1 Å². The van der Waals surface area contributed by atoms with Crippen molar-refractivity contribution in [3.63, 3.8) is 0 Å². The van der Waals surface area contributed by atoms with Crippen molar-refractivity contribution in [2.75, 3.05) is 11.9 Å². The highest BCUT2D eigenvalue weighted by atomic mass is 19.1. The highest BCUT2D eigenvalue weighted by molar-refractivity contribution is 6.04. The number of para-hydroxylation sites is 1. The van der Waals surface area contributed by atoms with Gasteiger partial charge in [-0.1, -0.05) is 38.1 Å². The molecular weight excluding hydrogens is 307 g/mol. The van der Waals surface area contributed by atoms with Crippen molar-refractivity contribution in [1.82, 2.24) is 5.32 Å². The number of hydrogen-bond donors (Lipinski definition) is 2. The van der Waals surface area contributed by atoms with Crippen LogP contribution in [0.15, 0.2) is 48.5 Å². The van der Waals surface area contributed by atoms with Crippen LogP contribution in [0.4, 0.5) is 10.1 Å². The number of hydrogen-bond acceptors (Lipinski definition) is 2. The SMILES string of the molecule is CC(C)CNC(=O)c1ccccc1NC(=O)Cc1ccc(F)cc1. The molecule has 0 aromatic heterocycles. The molecule has 4 nitrogen and oxygen atoms in total. The number of rotatable bonds is 6. The number of amides is 2. The summed E-state index contributed by atoms with van der Waals surface area (Å²) in [4.78, 5) is 24.4. The van der Waals surface area contributed by atoms with Gasteiger partial charge in [-0.2, -0.15) is 0 Å². The first-order chi connectivity index (χ1) is 11.5. The minimum atomic E-state index is -0.341. The molecule has 0 saturated carbocycles. The van der Waals surface area contributed by atoms with E-state index in [0.717, 1.165) is 0 Å². The molecule has 0 aliphatic rings. The predicted molar refractivity (Wildman–Crippen MR) is 92.3 cm³/mol. The molecule has 2 aromatic carbocycles. The first-order valence-corrected chi connectivity index (χ1v) is 7.87. The third-order valence-electron chi connectivity index (χ3n) is 3.39. The van der Waals surface area contributed by atoms with Crippen molar-refractivity contribution in [3.8, 4) is 0 Å². The topological polar surface area (TPSA) is 58.2 Å². The average Bonchev–Trinajstić information content (AvgIpc) is 2.55. The van der Waals surface area contributed by atoms with Crippen LogP contribution >= 0.6 is 0 Å². The van der Waals surface area contributed by atoms with Gasteiger partial charge in [0.05, 0.1) is 17.7 Å². The van der Waals surface area contributed by atoms with Gasteiger partial charge in [0.2, 0.25) is 5.91 Å². The molecule has 2 rings (SSSR count). The van der Waals surface area contributed by atoms with Gasteiger partial charge in [-0.25, -0.2) is 4.39 Å². The van der Waals surface area contributed by atoms with Gasteiger partial charge in [0.15, 0.2) is 0 Å². The molecule has 5 heteroatoms. The molecule has 0 unspecified atom stereocenters. The van der Waals surface area contributed by atoms with Gasteiger partial charge in [-0.15, -0.1) is 0 Å². The van der Waals surface area contributed by atoms with E-state index >= 15 is 0 Å². The number of carbonyl (C=O) groups excluding carboxylic acids is 2. The standard InChI is InChI=1S/C19H21FN2O2/c1-13(2)12-21-19(24)16-5-3-4-6-17(16)22-18(23)11-14-7-9-15(20)10-8-14/h3-10,13H,11-12H2,1-2H3,(H,21,24)(H,22,23). The second-order valence-electron chi connectivity index (χ2n) is 6.00. The van der Waals surface area contributed by atoms with Crippen molar-refractivity contribution in [3.05, 3.63) is 65.5 Å². The van der Waals surface area contributed by atoms with Crippen LogP contribution in [0.3, 0.4) is 0 Å². The second kappa shape index (κ2) is 8.24. The zero-order valence-electron chi connectivity index (χ0n) is 13.8. The fourth-order valence-electron chi connectivity index (χ4n) is 2.16. The third-order valence-corrected chi connectivity index (χ3v) is 3.39. The molecule has 0 aliphatic carbocycles. The van der Waals surface area contributed by atoms with E-state index in [1.165, 1.54) is 12.1 Å². The van der Waals surface area contributed by atoms with Gasteiger partial charge < -0.3 is 10.6 Å². The number of benzene rings is 2. The van der Waals surface area contributed by atoms with Crippen molar-refractivity contribution in [2.24, 2.45) is 5.92 Å². The lowest BCUT2D eigenvalue weighted by Gasteiger charge is -2.12. The van der Waals surface area contributed by atoms with Gasteiger partial charge in [-0.3, -0.25) is 9.59 Å². The smallest absolute Gasteiger partial charge is 0.253 e. The van der Waals surface area contributed by atoms with E-state index < -0.39 is 0 Å². The quantitative estimate of drug-likeness (QED) is 0.854. The largest absolute Gasteiger partial charge is 0.352 e. The third kappa shape index (κ3) is 5.19. The summed E-state index contributed by atoms with van der Waals surface area (Å²) >= 11 is 0. The monoisotopic (exact) mass is 328 g/mol. The number of anilines is 1. The molecule has 126 valence electrons. The average molecular weight is 328 g/mol. The molecule has 0 fully saturated rings. The molecule has 0 aliphatic heterocycles. The lowest BCUT2D eigenvalue weighted by atomic mass is 10.1. The molecule has 2 N–H and O–H groups in total. The Morgan fingerprint density at radius 2 is 1.71 bits per heavy atom. The lowest BCUT2D eigenvalue weighted by molar-refractivity contribution is -0.115. The molecular formula is C19H21FN2O2. The molecule has 0 bridgehead atoms. The van der Waals surface area contributed by atoms with E-state index in [1.807, 2.05) is 13.8 Å². The molecule has 0 saturated heterocycles. The fourth-order valence-corrected chi connectivity index (χ4v) is 2.16. The normalized spacial score (nSPS) is 10.5. The number of halogens is 1. The Balaban J connectivity index is 2.05. The van der Waals surface area contributed by atoms with Crippen molar-refractivity contribution < 1.29 is 14.0 Å². The highest BCUT2D eigenvalue weighted by Crippen LogP contribution is 2.16. The van der Waals surface area contributed by atoms with E-state index in [0.29, 0.717) is 29.3 Å². The Hall–Kier alpha value is -2.69. The summed E-state index contributed by atoms with van der Waals surface area (Å²) in [6.07, 6.45) is 0.113. The Morgan fingerprint density at radius 1 is 1.04 bits per heavy atom. The maximum Gasteiger partial charge on any atom is 0.253 e. The minimum absolute atomic E-state index is 0.113. The predicted octanol–water partition coefficient (Wildman–Crippen LogP) is 3.39. The van der Waals surface area contributed by atoms with Crippen LogP contribution in [-0.4, -0.2) is 18.4 Å². The Labute approximate surface area is 141 Å². The summed E-state index contributed by atoms with van der Waals surface area (Å²) in [5, 5.41) is 5.58. The minimum Gasteiger partial charge on any atom is -0.352 e. The van der Waals surface area contributed by atoms with Gasteiger partial charge in [0, 0.05) is 6.54 Å². The summed E-state index contributed by atoms with van der Waals surface area (Å²) in [5.41, 5.74) is 1.59. The second-order valence-corrected chi connectivity index (χ2v) is 6.00. The molecule has 0 radical (unpaired) electrons. The van der Waals surface area contributed by atoms with E-state index in [1.54, 1.807) is 36.4 Å². The van der Waals surface area contributed by atoms with Gasteiger partial charge in [0.25, 0.3) is 5.91 Å².